The number of carbonyl (C=O) groups excluding carboxylic acids is 1. The summed E-state index contributed by atoms with van der Waals surface area (Å²) in [7, 11) is 1.71. The van der Waals surface area contributed by atoms with Crippen LogP contribution in [0.3, 0.4) is 0 Å². The van der Waals surface area contributed by atoms with Crippen LogP contribution in [0.1, 0.15) is 26.7 Å². The highest BCUT2D eigenvalue weighted by atomic mass is 16.5. The van der Waals surface area contributed by atoms with Crippen LogP contribution < -0.4 is 10.9 Å². The Kier molecular flexibility index (Phi) is 3.89. The maximum atomic E-state index is 11.7. The lowest BCUT2D eigenvalue weighted by Crippen LogP contribution is -2.47. The molecule has 0 bridgehead atoms. The van der Waals surface area contributed by atoms with Crippen LogP contribution in [0.5, 0.6) is 0 Å². The van der Waals surface area contributed by atoms with Crippen molar-refractivity contribution in [3.05, 3.63) is 0 Å². The molecule has 1 aliphatic rings. The van der Waals surface area contributed by atoms with Crippen molar-refractivity contribution in [1.29, 1.82) is 0 Å². The maximum absolute atomic E-state index is 11.7. The molecule has 0 aromatic carbocycles. The van der Waals surface area contributed by atoms with E-state index in [0.29, 0.717) is 5.92 Å². The second-order valence-corrected chi connectivity index (χ2v) is 4.31. The highest BCUT2D eigenvalue weighted by Crippen LogP contribution is 2.34. The summed E-state index contributed by atoms with van der Waals surface area (Å²) in [5.41, 5.74) is 5.02. The first-order chi connectivity index (χ1) is 6.59. The SMILES string of the molecule is CNNC(=O)C(C)(C)C1CCOCC1. The summed E-state index contributed by atoms with van der Waals surface area (Å²) in [6.45, 7) is 5.55. The van der Waals surface area contributed by atoms with Crippen molar-refractivity contribution in [3.63, 3.8) is 0 Å². The van der Waals surface area contributed by atoms with Crippen molar-refractivity contribution in [2.45, 2.75) is 26.7 Å². The Morgan fingerprint density at radius 3 is 2.43 bits per heavy atom. The van der Waals surface area contributed by atoms with Gasteiger partial charge in [0.25, 0.3) is 0 Å². The van der Waals surface area contributed by atoms with Crippen molar-refractivity contribution in [2.24, 2.45) is 11.3 Å². The van der Waals surface area contributed by atoms with Crippen LogP contribution in [0.2, 0.25) is 0 Å². The summed E-state index contributed by atoms with van der Waals surface area (Å²) in [6, 6.07) is 0. The number of nitrogens with one attached hydrogen (secondary N) is 2. The summed E-state index contributed by atoms with van der Waals surface area (Å²) in [6.07, 6.45) is 1.95. The lowest BCUT2D eigenvalue weighted by Gasteiger charge is -2.35. The van der Waals surface area contributed by atoms with E-state index in [1.165, 1.54) is 0 Å². The average molecular weight is 200 g/mol. The predicted molar refractivity (Wildman–Crippen MR) is 54.5 cm³/mol. The van der Waals surface area contributed by atoms with Gasteiger partial charge in [-0.05, 0) is 18.8 Å². The van der Waals surface area contributed by atoms with Crippen LogP contribution in [0.4, 0.5) is 0 Å². The molecule has 1 rings (SSSR count). The van der Waals surface area contributed by atoms with Gasteiger partial charge in [0.05, 0.1) is 0 Å². The Morgan fingerprint density at radius 1 is 1.36 bits per heavy atom. The number of hydrogen-bond donors (Lipinski definition) is 2. The fraction of sp³-hybridized carbons (Fsp3) is 0.900. The molecule has 0 saturated carbocycles. The van der Waals surface area contributed by atoms with Crippen LogP contribution in [-0.4, -0.2) is 26.2 Å². The second kappa shape index (κ2) is 4.75. The van der Waals surface area contributed by atoms with Gasteiger partial charge in [-0.1, -0.05) is 13.8 Å². The van der Waals surface area contributed by atoms with Gasteiger partial charge in [0, 0.05) is 25.7 Å². The Morgan fingerprint density at radius 2 is 1.93 bits per heavy atom. The third-order valence-electron chi connectivity index (χ3n) is 3.07. The molecular weight excluding hydrogens is 180 g/mol. The number of hydrogen-bond acceptors (Lipinski definition) is 3. The smallest absolute Gasteiger partial charge is 0.240 e. The first-order valence-corrected chi connectivity index (χ1v) is 5.14. The Hall–Kier alpha value is -0.610. The van der Waals surface area contributed by atoms with E-state index in [1.54, 1.807) is 7.05 Å². The van der Waals surface area contributed by atoms with Crippen LogP contribution in [-0.2, 0) is 9.53 Å². The fourth-order valence-electron chi connectivity index (χ4n) is 1.88. The monoisotopic (exact) mass is 200 g/mol. The highest BCUT2D eigenvalue weighted by Gasteiger charge is 2.37. The molecule has 0 spiro atoms. The molecule has 0 aromatic rings. The van der Waals surface area contributed by atoms with Gasteiger partial charge in [-0.25, -0.2) is 5.43 Å². The van der Waals surface area contributed by atoms with Gasteiger partial charge in [-0.2, -0.15) is 0 Å². The van der Waals surface area contributed by atoms with E-state index in [4.69, 9.17) is 4.74 Å². The average Bonchev–Trinajstić information content (AvgIpc) is 2.19. The van der Waals surface area contributed by atoms with E-state index in [2.05, 4.69) is 10.9 Å². The molecule has 14 heavy (non-hydrogen) atoms. The number of ether oxygens (including phenoxy) is 1. The zero-order chi connectivity index (χ0) is 10.6. The van der Waals surface area contributed by atoms with E-state index in [0.717, 1.165) is 26.1 Å². The van der Waals surface area contributed by atoms with Crippen molar-refractivity contribution >= 4 is 5.91 Å². The quantitative estimate of drug-likeness (QED) is 0.659. The van der Waals surface area contributed by atoms with Gasteiger partial charge >= 0.3 is 0 Å². The molecule has 4 heteroatoms. The lowest BCUT2D eigenvalue weighted by molar-refractivity contribution is -0.135. The molecule has 0 aromatic heterocycles. The van der Waals surface area contributed by atoms with E-state index in [9.17, 15) is 4.79 Å². The van der Waals surface area contributed by atoms with Gasteiger partial charge in [0.15, 0.2) is 0 Å². The Labute approximate surface area is 85.4 Å². The molecule has 1 saturated heterocycles. The minimum absolute atomic E-state index is 0.0619. The molecule has 82 valence electrons. The van der Waals surface area contributed by atoms with E-state index in [1.807, 2.05) is 13.8 Å². The zero-order valence-electron chi connectivity index (χ0n) is 9.22. The topological polar surface area (TPSA) is 50.4 Å². The predicted octanol–water partition coefficient (Wildman–Crippen LogP) is 0.690. The standard InChI is InChI=1S/C10H20N2O2/c1-10(2,9(13)12-11-3)8-4-6-14-7-5-8/h8,11H,4-7H2,1-3H3,(H,12,13). The fourth-order valence-corrected chi connectivity index (χ4v) is 1.88. The third kappa shape index (κ3) is 2.45. The molecule has 2 N–H and O–H groups in total. The molecule has 1 fully saturated rings. The minimum Gasteiger partial charge on any atom is -0.381 e. The number of rotatable bonds is 3. The first kappa shape index (κ1) is 11.5. The number of hydrazine groups is 1. The van der Waals surface area contributed by atoms with Crippen molar-refractivity contribution < 1.29 is 9.53 Å². The largest absolute Gasteiger partial charge is 0.381 e. The maximum Gasteiger partial charge on any atom is 0.240 e. The second-order valence-electron chi connectivity index (χ2n) is 4.31. The zero-order valence-corrected chi connectivity index (χ0v) is 9.22. The van der Waals surface area contributed by atoms with Gasteiger partial charge in [-0.3, -0.25) is 10.2 Å². The van der Waals surface area contributed by atoms with Gasteiger partial charge in [0.2, 0.25) is 5.91 Å². The van der Waals surface area contributed by atoms with Crippen LogP contribution >= 0.6 is 0 Å². The van der Waals surface area contributed by atoms with Crippen LogP contribution in [0.25, 0.3) is 0 Å². The minimum atomic E-state index is -0.313. The summed E-state index contributed by atoms with van der Waals surface area (Å²) in [4.78, 5) is 11.7. The number of carbonyl (C=O) groups is 1. The lowest BCUT2D eigenvalue weighted by atomic mass is 9.74. The first-order valence-electron chi connectivity index (χ1n) is 5.14. The summed E-state index contributed by atoms with van der Waals surface area (Å²) < 4.78 is 5.29. The molecule has 1 aliphatic heterocycles. The van der Waals surface area contributed by atoms with Crippen molar-refractivity contribution in [1.82, 2.24) is 10.9 Å². The molecule has 0 atom stereocenters. The molecule has 0 aliphatic carbocycles. The molecule has 4 nitrogen and oxygen atoms in total. The van der Waals surface area contributed by atoms with Crippen LogP contribution in [0.15, 0.2) is 0 Å². The van der Waals surface area contributed by atoms with E-state index >= 15 is 0 Å². The van der Waals surface area contributed by atoms with Gasteiger partial charge < -0.3 is 4.74 Å². The van der Waals surface area contributed by atoms with E-state index < -0.39 is 0 Å². The highest BCUT2D eigenvalue weighted by molar-refractivity contribution is 5.81. The molecule has 1 amide bonds. The van der Waals surface area contributed by atoms with E-state index in [-0.39, 0.29) is 11.3 Å². The summed E-state index contributed by atoms with van der Waals surface area (Å²) in [5.74, 6) is 0.483. The normalized spacial score (nSPS) is 19.4. The molecule has 1 heterocycles. The van der Waals surface area contributed by atoms with Crippen LogP contribution in [0, 0.1) is 11.3 Å². The molecular formula is C10H20N2O2. The summed E-state index contributed by atoms with van der Waals surface area (Å²) >= 11 is 0. The Bertz CT molecular complexity index is 198. The van der Waals surface area contributed by atoms with Gasteiger partial charge in [0.1, 0.15) is 0 Å². The Balaban J connectivity index is 2.57. The van der Waals surface area contributed by atoms with Crippen molar-refractivity contribution in [3.8, 4) is 0 Å². The summed E-state index contributed by atoms with van der Waals surface area (Å²) in [5, 5.41) is 0. The van der Waals surface area contributed by atoms with Gasteiger partial charge in [-0.15, -0.1) is 0 Å². The molecule has 0 unspecified atom stereocenters. The third-order valence-corrected chi connectivity index (χ3v) is 3.07. The number of amides is 1. The molecule has 0 radical (unpaired) electrons. The van der Waals surface area contributed by atoms with Crippen molar-refractivity contribution in [2.75, 3.05) is 20.3 Å².